The van der Waals surface area contributed by atoms with Gasteiger partial charge in [0, 0.05) is 0 Å². The number of allylic oxidation sites excluding steroid dienone is 1. The summed E-state index contributed by atoms with van der Waals surface area (Å²) in [5.41, 5.74) is -5.33. The lowest BCUT2D eigenvalue weighted by atomic mass is 9.85. The van der Waals surface area contributed by atoms with E-state index in [4.69, 9.17) is 4.43 Å². The van der Waals surface area contributed by atoms with E-state index in [0.717, 1.165) is 24.8 Å². The summed E-state index contributed by atoms with van der Waals surface area (Å²) in [5.74, 6) is -0.385. The lowest BCUT2D eigenvalue weighted by molar-refractivity contribution is -0.0500. The zero-order valence-corrected chi connectivity index (χ0v) is 16.1. The van der Waals surface area contributed by atoms with Gasteiger partial charge in [0.15, 0.2) is 8.32 Å². The van der Waals surface area contributed by atoms with Crippen molar-refractivity contribution in [2.45, 2.75) is 50.0 Å². The number of hydrogen-bond donors (Lipinski definition) is 0. The number of rotatable bonds is 5. The van der Waals surface area contributed by atoms with Gasteiger partial charge in [0.05, 0.1) is 0 Å². The Morgan fingerprint density at radius 1 is 1.12 bits per heavy atom. The molecule has 0 spiro atoms. The molecule has 0 N–H and O–H groups in total. The molecule has 0 heterocycles. The summed E-state index contributed by atoms with van der Waals surface area (Å²) in [6.07, 6.45) is 6.65. The number of alkyl halides is 3. The maximum Gasteiger partial charge on any atom is 0.534 e. The molecule has 2 rings (SSSR count). The number of halogens is 3. The average molecular weight is 394 g/mol. The van der Waals surface area contributed by atoms with Gasteiger partial charge < -0.3 is 8.61 Å². The minimum Gasteiger partial charge on any atom is -0.405 e. The summed E-state index contributed by atoms with van der Waals surface area (Å²) < 4.78 is 69.9. The minimum absolute atomic E-state index is 0.385. The molecule has 1 aliphatic rings. The molecule has 4 nitrogen and oxygen atoms in total. The molecular weight excluding hydrogens is 373 g/mol. The fourth-order valence-corrected chi connectivity index (χ4v) is 4.58. The first-order valence-electron chi connectivity index (χ1n) is 7.84. The first-order chi connectivity index (χ1) is 11.3. The Labute approximate surface area is 146 Å². The number of benzene rings is 1. The molecule has 1 unspecified atom stereocenters. The van der Waals surface area contributed by atoms with Gasteiger partial charge in [-0.2, -0.15) is 21.6 Å². The van der Waals surface area contributed by atoms with Gasteiger partial charge in [-0.1, -0.05) is 24.3 Å². The maximum atomic E-state index is 12.4. The van der Waals surface area contributed by atoms with Gasteiger partial charge in [0.1, 0.15) is 11.4 Å². The Balaban J connectivity index is 2.31. The quantitative estimate of drug-likeness (QED) is 0.314. The van der Waals surface area contributed by atoms with Crippen molar-refractivity contribution < 1.29 is 30.2 Å². The third-order valence-electron chi connectivity index (χ3n) is 3.63. The minimum atomic E-state index is -5.67. The second kappa shape index (κ2) is 6.77. The molecule has 25 heavy (non-hydrogen) atoms. The number of hydrogen-bond acceptors (Lipinski definition) is 4. The van der Waals surface area contributed by atoms with Crippen molar-refractivity contribution in [2.24, 2.45) is 0 Å². The highest BCUT2D eigenvalue weighted by Crippen LogP contribution is 2.39. The smallest absolute Gasteiger partial charge is 0.405 e. The van der Waals surface area contributed by atoms with Gasteiger partial charge >= 0.3 is 15.6 Å². The van der Waals surface area contributed by atoms with Crippen LogP contribution in [0.4, 0.5) is 13.2 Å². The topological polar surface area (TPSA) is 52.6 Å². The van der Waals surface area contributed by atoms with E-state index in [1.807, 2.05) is 12.2 Å². The molecule has 0 radical (unpaired) electrons. The molecule has 0 aromatic heterocycles. The van der Waals surface area contributed by atoms with E-state index in [2.05, 4.69) is 23.8 Å². The molecule has 0 aliphatic heterocycles. The molecule has 0 saturated carbocycles. The fourth-order valence-electron chi connectivity index (χ4n) is 2.74. The molecule has 0 amide bonds. The van der Waals surface area contributed by atoms with Crippen LogP contribution < -0.4 is 4.18 Å². The lowest BCUT2D eigenvalue weighted by Gasteiger charge is -2.39. The monoisotopic (exact) mass is 394 g/mol. The summed E-state index contributed by atoms with van der Waals surface area (Å²) in [7, 11) is -7.57. The second-order valence-corrected chi connectivity index (χ2v) is 12.9. The van der Waals surface area contributed by atoms with Crippen LogP contribution in [0.2, 0.25) is 19.6 Å². The molecular formula is C16H21F3O4SSi. The van der Waals surface area contributed by atoms with Crippen LogP contribution >= 0.6 is 0 Å². The molecule has 0 bridgehead atoms. The van der Waals surface area contributed by atoms with E-state index < -0.39 is 29.5 Å². The first-order valence-corrected chi connectivity index (χ1v) is 12.7. The van der Waals surface area contributed by atoms with Crippen LogP contribution in [0.25, 0.3) is 0 Å². The molecule has 9 heteroatoms. The van der Waals surface area contributed by atoms with Crippen LogP contribution in [0.5, 0.6) is 5.75 Å². The van der Waals surface area contributed by atoms with Gasteiger partial charge in [-0.3, -0.25) is 0 Å². The normalized spacial score (nSPS) is 22.0. The summed E-state index contributed by atoms with van der Waals surface area (Å²) in [6.45, 7) is 6.18. The molecule has 140 valence electrons. The van der Waals surface area contributed by atoms with E-state index >= 15 is 0 Å². The van der Waals surface area contributed by atoms with Crippen molar-refractivity contribution in [1.29, 1.82) is 0 Å². The Hall–Kier alpha value is -1.32. The molecule has 1 aromatic carbocycles. The van der Waals surface area contributed by atoms with Crippen molar-refractivity contribution in [3.8, 4) is 5.75 Å². The molecule has 1 aromatic rings. The summed E-state index contributed by atoms with van der Waals surface area (Å²) in [5, 5.41) is 0. The first kappa shape index (κ1) is 20.0. The Kier molecular flexibility index (Phi) is 5.41. The van der Waals surface area contributed by atoms with E-state index in [1.54, 1.807) is 12.1 Å². The Morgan fingerprint density at radius 3 is 2.16 bits per heavy atom. The van der Waals surface area contributed by atoms with Crippen LogP contribution in [0.1, 0.15) is 24.8 Å². The third kappa shape index (κ3) is 4.86. The third-order valence-corrected chi connectivity index (χ3v) is 5.58. The predicted molar refractivity (Wildman–Crippen MR) is 91.1 cm³/mol. The van der Waals surface area contributed by atoms with E-state index in [9.17, 15) is 21.6 Å². The molecule has 1 aliphatic carbocycles. The summed E-state index contributed by atoms with van der Waals surface area (Å²) >= 11 is 0. The average Bonchev–Trinajstić information content (AvgIpc) is 2.45. The van der Waals surface area contributed by atoms with Crippen LogP contribution in [0, 0.1) is 0 Å². The van der Waals surface area contributed by atoms with Crippen LogP contribution in [0.15, 0.2) is 36.4 Å². The van der Waals surface area contributed by atoms with Crippen LogP contribution in [0.3, 0.4) is 0 Å². The van der Waals surface area contributed by atoms with Crippen molar-refractivity contribution in [1.82, 2.24) is 0 Å². The Bertz CT molecular complexity index is 736. The standard InChI is InChI=1S/C16H21F3O4SSi/c1-25(2,3)23-15(11-5-4-6-12-15)13-7-9-14(10-8-13)22-24(20,21)16(17,18)19/h5,7-11H,4,6,12H2,1-3H3. The molecule has 0 fully saturated rings. The van der Waals surface area contributed by atoms with Gasteiger partial charge in [-0.05, 0) is 56.6 Å². The van der Waals surface area contributed by atoms with Crippen molar-refractivity contribution in [2.75, 3.05) is 0 Å². The Morgan fingerprint density at radius 2 is 1.72 bits per heavy atom. The molecule has 0 saturated heterocycles. The maximum absolute atomic E-state index is 12.4. The van der Waals surface area contributed by atoms with E-state index in [0.29, 0.717) is 0 Å². The zero-order chi connectivity index (χ0) is 18.9. The highest BCUT2D eigenvalue weighted by molar-refractivity contribution is 7.88. The van der Waals surface area contributed by atoms with Crippen LogP contribution in [-0.2, 0) is 20.1 Å². The van der Waals surface area contributed by atoms with E-state index in [1.165, 1.54) is 12.1 Å². The highest BCUT2D eigenvalue weighted by atomic mass is 32.2. The largest absolute Gasteiger partial charge is 0.534 e. The fraction of sp³-hybridized carbons (Fsp3) is 0.500. The molecule has 1 atom stereocenters. The van der Waals surface area contributed by atoms with Crippen molar-refractivity contribution in [3.63, 3.8) is 0 Å². The van der Waals surface area contributed by atoms with Gasteiger partial charge in [-0.25, -0.2) is 0 Å². The summed E-state index contributed by atoms with van der Waals surface area (Å²) in [6, 6.07) is 5.54. The van der Waals surface area contributed by atoms with Crippen molar-refractivity contribution in [3.05, 3.63) is 42.0 Å². The lowest BCUT2D eigenvalue weighted by Crippen LogP contribution is -2.40. The summed E-state index contributed by atoms with van der Waals surface area (Å²) in [4.78, 5) is 0. The second-order valence-electron chi connectivity index (χ2n) is 6.91. The van der Waals surface area contributed by atoms with Gasteiger partial charge in [-0.15, -0.1) is 0 Å². The van der Waals surface area contributed by atoms with Crippen molar-refractivity contribution >= 4 is 18.4 Å². The van der Waals surface area contributed by atoms with Gasteiger partial charge in [0.25, 0.3) is 0 Å². The van der Waals surface area contributed by atoms with Gasteiger partial charge in [0.2, 0.25) is 0 Å². The SMILES string of the molecule is C[Si](C)(C)OC1(c2ccc(OS(=O)(=O)C(F)(F)F)cc2)C=CCCC1. The zero-order valence-electron chi connectivity index (χ0n) is 14.3. The predicted octanol–water partition coefficient (Wildman–Crippen LogP) is 4.70. The van der Waals surface area contributed by atoms with E-state index in [-0.39, 0.29) is 5.75 Å². The highest BCUT2D eigenvalue weighted by Gasteiger charge is 2.48. The van der Waals surface area contributed by atoms with Crippen LogP contribution in [-0.4, -0.2) is 22.2 Å².